The molecule has 9 heteroatoms. The Morgan fingerprint density at radius 3 is 2.74 bits per heavy atom. The largest absolute Gasteiger partial charge is 0.444 e. The molecule has 0 radical (unpaired) electrons. The number of anilines is 1. The maximum atomic E-state index is 13.5. The Bertz CT molecular complexity index is 1020. The SMILES string of the molecule is CN1CCCCC=C[C@@]23C[C@@H](C(=O)Nc4nc(Br)ccc4CC1=O)N(C(=O)OC(C)(C)C)[C@@H]2C3. The average Bonchev–Trinajstić information content (AvgIpc) is 3.33. The van der Waals surface area contributed by atoms with E-state index in [1.54, 1.807) is 29.0 Å². The molecule has 8 nitrogen and oxygen atoms in total. The topological polar surface area (TPSA) is 91.8 Å². The van der Waals surface area contributed by atoms with Crippen molar-refractivity contribution in [3.05, 3.63) is 34.5 Å². The molecule has 3 aliphatic rings. The van der Waals surface area contributed by atoms with E-state index >= 15 is 0 Å². The van der Waals surface area contributed by atoms with Crippen molar-refractivity contribution in [1.82, 2.24) is 14.8 Å². The number of hydrogen-bond donors (Lipinski definition) is 1. The van der Waals surface area contributed by atoms with Gasteiger partial charge in [-0.1, -0.05) is 18.2 Å². The standard InChI is InChI=1S/C25H33BrN4O4/c1-24(2,3)34-23(33)30-17-14-25(15-18(25)30)11-7-5-6-8-12-29(4)20(31)13-16-9-10-19(26)27-21(16)28-22(17)32/h7,9-11,17-18H,5-6,8,12-15H2,1-4H3,(H,27,28,32)/t17-,18+,25-/m0/s1. The lowest BCUT2D eigenvalue weighted by atomic mass is 9.97. The van der Waals surface area contributed by atoms with Gasteiger partial charge in [0.2, 0.25) is 11.8 Å². The van der Waals surface area contributed by atoms with Crippen LogP contribution in [0.25, 0.3) is 0 Å². The van der Waals surface area contributed by atoms with Crippen LogP contribution < -0.4 is 5.32 Å². The van der Waals surface area contributed by atoms with Crippen molar-refractivity contribution in [3.8, 4) is 0 Å². The highest BCUT2D eigenvalue weighted by Crippen LogP contribution is 2.61. The van der Waals surface area contributed by atoms with Crippen LogP contribution in [0.2, 0.25) is 0 Å². The summed E-state index contributed by atoms with van der Waals surface area (Å²) in [6, 6.07) is 2.84. The number of aromatic nitrogens is 1. The van der Waals surface area contributed by atoms with Crippen molar-refractivity contribution in [2.45, 2.75) is 77.0 Å². The molecule has 0 unspecified atom stereocenters. The Kier molecular flexibility index (Phi) is 6.77. The van der Waals surface area contributed by atoms with E-state index in [4.69, 9.17) is 4.74 Å². The van der Waals surface area contributed by atoms with Gasteiger partial charge in [-0.3, -0.25) is 14.5 Å². The molecule has 1 saturated heterocycles. The maximum absolute atomic E-state index is 13.5. The third-order valence-corrected chi connectivity index (χ3v) is 7.19. The molecule has 34 heavy (non-hydrogen) atoms. The van der Waals surface area contributed by atoms with E-state index in [2.05, 4.69) is 38.4 Å². The van der Waals surface area contributed by atoms with Gasteiger partial charge in [-0.05, 0) is 74.9 Å². The number of hydrogen-bond acceptors (Lipinski definition) is 5. The van der Waals surface area contributed by atoms with Crippen LogP contribution in [-0.2, 0) is 20.7 Å². The number of ether oxygens (including phenoxy) is 1. The number of carbonyl (C=O) groups excluding carboxylic acids is 3. The zero-order valence-electron chi connectivity index (χ0n) is 20.3. The lowest BCUT2D eigenvalue weighted by molar-refractivity contribution is -0.129. The summed E-state index contributed by atoms with van der Waals surface area (Å²) in [5.74, 6) is -0.00758. The van der Waals surface area contributed by atoms with Gasteiger partial charge < -0.3 is 15.0 Å². The number of nitrogens with one attached hydrogen (secondary N) is 1. The molecule has 1 aliphatic carbocycles. The van der Waals surface area contributed by atoms with Gasteiger partial charge in [0.1, 0.15) is 22.1 Å². The van der Waals surface area contributed by atoms with E-state index in [0.717, 1.165) is 25.7 Å². The van der Waals surface area contributed by atoms with Crippen LogP contribution in [0.3, 0.4) is 0 Å². The molecule has 0 aromatic carbocycles. The van der Waals surface area contributed by atoms with Gasteiger partial charge in [0.25, 0.3) is 0 Å². The summed E-state index contributed by atoms with van der Waals surface area (Å²) in [7, 11) is 1.80. The van der Waals surface area contributed by atoms with Crippen molar-refractivity contribution in [2.24, 2.45) is 5.41 Å². The Labute approximate surface area is 209 Å². The van der Waals surface area contributed by atoms with Gasteiger partial charge in [-0.25, -0.2) is 9.78 Å². The third kappa shape index (κ3) is 5.29. The van der Waals surface area contributed by atoms with E-state index in [1.807, 2.05) is 20.8 Å². The lowest BCUT2D eigenvalue weighted by Gasteiger charge is -2.30. The predicted octanol–water partition coefficient (Wildman–Crippen LogP) is 4.29. The normalized spacial score (nSPS) is 27.7. The number of fused-ring (bicyclic) bond motifs is 2. The fourth-order valence-electron chi connectivity index (χ4n) is 4.87. The summed E-state index contributed by atoms with van der Waals surface area (Å²) >= 11 is 3.36. The molecular weight excluding hydrogens is 500 g/mol. The summed E-state index contributed by atoms with van der Waals surface area (Å²) in [4.78, 5) is 47.2. The number of piperidine rings is 1. The summed E-state index contributed by atoms with van der Waals surface area (Å²) in [6.07, 6.45) is 8.19. The van der Waals surface area contributed by atoms with Crippen LogP contribution in [0.5, 0.6) is 0 Å². The second-order valence-electron chi connectivity index (χ2n) is 10.6. The third-order valence-electron chi connectivity index (χ3n) is 6.75. The molecule has 4 rings (SSSR count). The van der Waals surface area contributed by atoms with Gasteiger partial charge in [0.15, 0.2) is 0 Å². The van der Waals surface area contributed by atoms with E-state index in [-0.39, 0.29) is 29.7 Å². The van der Waals surface area contributed by atoms with E-state index in [1.165, 1.54) is 0 Å². The fourth-order valence-corrected chi connectivity index (χ4v) is 5.18. The van der Waals surface area contributed by atoms with Gasteiger partial charge in [0, 0.05) is 30.6 Å². The number of rotatable bonds is 0. The minimum Gasteiger partial charge on any atom is -0.444 e. The first-order chi connectivity index (χ1) is 16.0. The highest BCUT2D eigenvalue weighted by Gasteiger charge is 2.66. The summed E-state index contributed by atoms with van der Waals surface area (Å²) in [5, 5.41) is 2.91. The van der Waals surface area contributed by atoms with Crippen LogP contribution >= 0.6 is 15.9 Å². The average molecular weight is 533 g/mol. The van der Waals surface area contributed by atoms with Gasteiger partial charge in [-0.15, -0.1) is 0 Å². The number of likely N-dealkylation sites (tertiary alicyclic amines) is 1. The van der Waals surface area contributed by atoms with Gasteiger partial charge >= 0.3 is 6.09 Å². The molecule has 2 bridgehead atoms. The number of halogens is 1. The molecule has 1 spiro atoms. The molecular formula is C25H33BrN4O4. The molecule has 3 atom stereocenters. The zero-order valence-corrected chi connectivity index (χ0v) is 21.9. The number of amides is 3. The Morgan fingerprint density at radius 2 is 2.00 bits per heavy atom. The van der Waals surface area contributed by atoms with Crippen molar-refractivity contribution in [2.75, 3.05) is 18.9 Å². The fraction of sp³-hybridized carbons (Fsp3) is 0.600. The Hall–Kier alpha value is -2.42. The van der Waals surface area contributed by atoms with Gasteiger partial charge in [-0.2, -0.15) is 0 Å². The van der Waals surface area contributed by atoms with E-state index in [9.17, 15) is 14.4 Å². The van der Waals surface area contributed by atoms with Crippen molar-refractivity contribution < 1.29 is 19.1 Å². The molecule has 1 saturated carbocycles. The molecule has 184 valence electrons. The summed E-state index contributed by atoms with van der Waals surface area (Å²) in [6.45, 7) is 6.15. The van der Waals surface area contributed by atoms with Crippen LogP contribution in [0.1, 0.15) is 58.4 Å². The Balaban J connectivity index is 1.66. The van der Waals surface area contributed by atoms with E-state index in [0.29, 0.717) is 29.0 Å². The van der Waals surface area contributed by atoms with Crippen molar-refractivity contribution >= 4 is 39.7 Å². The number of likely N-dealkylation sites (N-methyl/N-ethyl adjacent to an activating group) is 1. The minimum absolute atomic E-state index is 0.0290. The number of allylic oxidation sites excluding steroid dienone is 1. The zero-order chi connectivity index (χ0) is 24.7. The Morgan fingerprint density at radius 1 is 1.24 bits per heavy atom. The number of carbonyl (C=O) groups is 3. The molecule has 1 aromatic heterocycles. The number of pyridine rings is 1. The highest BCUT2D eigenvalue weighted by molar-refractivity contribution is 9.10. The second-order valence-corrected chi connectivity index (χ2v) is 11.4. The summed E-state index contributed by atoms with van der Waals surface area (Å²) in [5.41, 5.74) is -0.201. The lowest BCUT2D eigenvalue weighted by Crippen LogP contribution is -2.47. The summed E-state index contributed by atoms with van der Waals surface area (Å²) < 4.78 is 6.22. The molecule has 2 fully saturated rings. The molecule has 1 aromatic rings. The number of nitrogens with zero attached hydrogens (tertiary/aromatic N) is 3. The second kappa shape index (κ2) is 9.32. The van der Waals surface area contributed by atoms with E-state index < -0.39 is 17.7 Å². The maximum Gasteiger partial charge on any atom is 0.411 e. The molecule has 3 heterocycles. The van der Waals surface area contributed by atoms with Crippen LogP contribution in [0, 0.1) is 5.41 Å². The first-order valence-electron chi connectivity index (χ1n) is 11.9. The molecule has 3 amide bonds. The smallest absolute Gasteiger partial charge is 0.411 e. The molecule has 1 N–H and O–H groups in total. The molecule has 2 aliphatic heterocycles. The first kappa shape index (κ1) is 24.7. The van der Waals surface area contributed by atoms with Gasteiger partial charge in [0.05, 0.1) is 6.42 Å². The quantitative estimate of drug-likeness (QED) is 0.397. The predicted molar refractivity (Wildman–Crippen MR) is 132 cm³/mol. The first-order valence-corrected chi connectivity index (χ1v) is 12.7. The van der Waals surface area contributed by atoms with Crippen molar-refractivity contribution in [3.63, 3.8) is 0 Å². The van der Waals surface area contributed by atoms with Crippen LogP contribution in [0.15, 0.2) is 28.9 Å². The monoisotopic (exact) mass is 532 g/mol. The minimum atomic E-state index is -0.668. The van der Waals surface area contributed by atoms with Crippen molar-refractivity contribution in [1.29, 1.82) is 0 Å². The highest BCUT2D eigenvalue weighted by atomic mass is 79.9. The van der Waals surface area contributed by atoms with Crippen LogP contribution in [0.4, 0.5) is 10.6 Å². The van der Waals surface area contributed by atoms with Crippen LogP contribution in [-0.4, -0.2) is 64.0 Å².